The van der Waals surface area contributed by atoms with Crippen molar-refractivity contribution in [1.82, 2.24) is 0 Å². The predicted molar refractivity (Wildman–Crippen MR) is 20.5 cm³/mol. The van der Waals surface area contributed by atoms with Crippen molar-refractivity contribution in [3.63, 3.8) is 0 Å². The van der Waals surface area contributed by atoms with Gasteiger partial charge in [0.1, 0.15) is 0 Å². The topological polar surface area (TPSA) is 49.4 Å². The molecule has 0 N–H and O–H groups in total. The first-order valence-corrected chi connectivity index (χ1v) is 2.50. The van der Waals surface area contributed by atoms with Crippen LogP contribution in [0.5, 0.6) is 0 Å². The van der Waals surface area contributed by atoms with Gasteiger partial charge in [0, 0.05) is 0 Å². The predicted octanol–water partition coefficient (Wildman–Crippen LogP) is -3.18. The molecule has 7 heavy (non-hydrogen) atoms. The van der Waals surface area contributed by atoms with Crippen LogP contribution in [0.25, 0.3) is 0 Å². The first-order valence-electron chi connectivity index (χ1n) is 1.50. The van der Waals surface area contributed by atoms with Crippen molar-refractivity contribution >= 4 is 11.4 Å². The Balaban J connectivity index is 0. The van der Waals surface area contributed by atoms with Crippen LogP contribution >= 0.6 is 0 Å². The number of hydrogen-bond acceptors (Lipinski definition) is 3. The molecule has 1 unspecified atom stereocenters. The molecule has 1 atom stereocenters. The van der Waals surface area contributed by atoms with Crippen molar-refractivity contribution in [2.24, 2.45) is 0 Å². The van der Waals surface area contributed by atoms with E-state index >= 15 is 0 Å². The summed E-state index contributed by atoms with van der Waals surface area (Å²) < 4.78 is 22.7. The maximum Gasteiger partial charge on any atom is 1.00 e. The quantitative estimate of drug-likeness (QED) is 0.294. The average molecular weight is 132 g/mol. The van der Waals surface area contributed by atoms with Crippen molar-refractivity contribution in [3.05, 3.63) is 0 Å². The van der Waals surface area contributed by atoms with E-state index < -0.39 is 11.4 Å². The van der Waals surface area contributed by atoms with Gasteiger partial charge in [0.2, 0.25) is 0 Å². The van der Waals surface area contributed by atoms with Crippen molar-refractivity contribution in [2.45, 2.75) is 6.92 Å². The third-order valence-electron chi connectivity index (χ3n) is 0.214. The summed E-state index contributed by atoms with van der Waals surface area (Å²) in [5.74, 6) is 0. The average Bonchev–Trinajstić information content (AvgIpc) is 1.35. The fourth-order valence-corrected chi connectivity index (χ4v) is 0.289. The molecule has 0 fully saturated rings. The molecule has 0 aliphatic rings. The maximum atomic E-state index is 9.38. The number of hydrogen-bond donors (Lipinski definition) is 0. The Morgan fingerprint density at radius 3 is 2.29 bits per heavy atom. The Bertz CT molecular complexity index is 56.9. The Morgan fingerprint density at radius 1 is 1.86 bits per heavy atom. The summed E-state index contributed by atoms with van der Waals surface area (Å²) in [6.45, 7) is 1.83. The van der Waals surface area contributed by atoms with E-state index in [0.717, 1.165) is 0 Å². The molecule has 0 radical (unpaired) electrons. The number of rotatable bonds is 2. The van der Waals surface area contributed by atoms with Crippen LogP contribution < -0.4 is 29.6 Å². The summed E-state index contributed by atoms with van der Waals surface area (Å²) in [5, 5.41) is 0. The van der Waals surface area contributed by atoms with Crippen LogP contribution in [0.2, 0.25) is 0 Å². The smallest absolute Gasteiger partial charge is 0.750 e. The summed E-state index contributed by atoms with van der Waals surface area (Å²) >= 11 is -2.32. The minimum Gasteiger partial charge on any atom is -0.750 e. The van der Waals surface area contributed by atoms with E-state index in [4.69, 9.17) is 0 Å². The molecule has 0 aromatic rings. The molecule has 0 aromatic heterocycles. The van der Waals surface area contributed by atoms with Crippen molar-refractivity contribution in [3.8, 4) is 0 Å². The van der Waals surface area contributed by atoms with Gasteiger partial charge < -0.3 is 8.74 Å². The Labute approximate surface area is 67.2 Å². The molecule has 0 heterocycles. The van der Waals surface area contributed by atoms with Crippen LogP contribution in [0.15, 0.2) is 0 Å². The van der Waals surface area contributed by atoms with Gasteiger partial charge in [0.15, 0.2) is 0 Å². The SMILES string of the molecule is CCOS(=O)[O-].[Na+]. The molecule has 0 amide bonds. The molecule has 0 spiro atoms. The molecule has 3 nitrogen and oxygen atoms in total. The second-order valence-corrected chi connectivity index (χ2v) is 1.25. The summed E-state index contributed by atoms with van der Waals surface area (Å²) in [4.78, 5) is 0. The van der Waals surface area contributed by atoms with Crippen LogP contribution in [0.4, 0.5) is 0 Å². The molecule has 0 saturated carbocycles. The van der Waals surface area contributed by atoms with Crippen LogP contribution in [-0.2, 0) is 15.5 Å². The van der Waals surface area contributed by atoms with Gasteiger partial charge in [-0.2, -0.15) is 0 Å². The van der Waals surface area contributed by atoms with Gasteiger partial charge in [-0.25, -0.2) is 4.21 Å². The monoisotopic (exact) mass is 132 g/mol. The van der Waals surface area contributed by atoms with E-state index in [9.17, 15) is 8.76 Å². The zero-order valence-corrected chi connectivity index (χ0v) is 7.16. The fourth-order valence-electron chi connectivity index (χ4n) is 0.0962. The van der Waals surface area contributed by atoms with Crippen LogP contribution in [0.1, 0.15) is 6.92 Å². The minimum atomic E-state index is -2.32. The van der Waals surface area contributed by atoms with E-state index in [-0.39, 0.29) is 36.2 Å². The first kappa shape index (κ1) is 10.9. The van der Waals surface area contributed by atoms with Gasteiger partial charge in [0.25, 0.3) is 0 Å². The second-order valence-electron chi connectivity index (χ2n) is 0.611. The van der Waals surface area contributed by atoms with Gasteiger partial charge in [-0.1, -0.05) is 0 Å². The van der Waals surface area contributed by atoms with Crippen LogP contribution in [-0.4, -0.2) is 15.4 Å². The standard InChI is InChI=1S/C2H6O3S.Na/c1-2-5-6(3)4;/h2H2,1H3,(H,3,4);/q;+1/p-1. The molecule has 0 saturated heterocycles. The zero-order valence-electron chi connectivity index (χ0n) is 4.34. The first-order chi connectivity index (χ1) is 2.77. The second kappa shape index (κ2) is 7.07. The van der Waals surface area contributed by atoms with E-state index in [1.54, 1.807) is 6.92 Å². The molecule has 5 heteroatoms. The molecule has 0 aliphatic carbocycles. The van der Waals surface area contributed by atoms with Crippen molar-refractivity contribution in [1.29, 1.82) is 0 Å². The maximum absolute atomic E-state index is 9.38. The normalized spacial score (nSPS) is 12.3. The third-order valence-corrected chi connectivity index (χ3v) is 0.642. The summed E-state index contributed by atoms with van der Waals surface area (Å²) in [6, 6.07) is 0. The molecule has 0 bridgehead atoms. The van der Waals surface area contributed by atoms with Gasteiger partial charge in [-0.3, -0.25) is 0 Å². The van der Waals surface area contributed by atoms with E-state index in [2.05, 4.69) is 4.18 Å². The van der Waals surface area contributed by atoms with Crippen LogP contribution in [0, 0.1) is 0 Å². The third kappa shape index (κ3) is 11.0. The van der Waals surface area contributed by atoms with Crippen LogP contribution in [0.3, 0.4) is 0 Å². The van der Waals surface area contributed by atoms with Gasteiger partial charge in [-0.15, -0.1) is 0 Å². The summed E-state index contributed by atoms with van der Waals surface area (Å²) in [7, 11) is 0. The Morgan fingerprint density at radius 2 is 2.29 bits per heavy atom. The molecule has 38 valence electrons. The largest absolute Gasteiger partial charge is 1.00 e. The minimum absolute atomic E-state index is 0. The van der Waals surface area contributed by atoms with Crippen molar-refractivity contribution in [2.75, 3.05) is 6.61 Å². The summed E-state index contributed by atoms with van der Waals surface area (Å²) in [5.41, 5.74) is 0. The molecular weight excluding hydrogens is 127 g/mol. The van der Waals surface area contributed by atoms with Gasteiger partial charge in [-0.05, 0) is 6.92 Å². The summed E-state index contributed by atoms with van der Waals surface area (Å²) in [6.07, 6.45) is 0. The van der Waals surface area contributed by atoms with E-state index in [1.807, 2.05) is 0 Å². The van der Waals surface area contributed by atoms with Crippen molar-refractivity contribution < 1.29 is 42.5 Å². The Hall–Kier alpha value is 1.07. The molecule has 0 aliphatic heterocycles. The molecule has 0 aromatic carbocycles. The van der Waals surface area contributed by atoms with E-state index in [1.165, 1.54) is 0 Å². The van der Waals surface area contributed by atoms with E-state index in [0.29, 0.717) is 0 Å². The molecule has 0 rings (SSSR count). The zero-order chi connectivity index (χ0) is 4.99. The van der Waals surface area contributed by atoms with Gasteiger partial charge in [0.05, 0.1) is 18.0 Å². The Kier molecular flexibility index (Phi) is 11.1. The molecular formula is C2H5NaO3S. The van der Waals surface area contributed by atoms with Gasteiger partial charge >= 0.3 is 29.6 Å². The fraction of sp³-hybridized carbons (Fsp3) is 1.00.